The Bertz CT molecular complexity index is 994. The number of rotatable bonds is 3. The number of carbonyl (C=O) groups is 1. The molecule has 0 bridgehead atoms. The first-order valence-electron chi connectivity index (χ1n) is 9.25. The topological polar surface area (TPSA) is 70.1 Å². The number of thiophene rings is 1. The largest absolute Gasteiger partial charge is 0.384 e. The molecule has 5 heteroatoms. The van der Waals surface area contributed by atoms with Crippen LogP contribution in [-0.2, 0) is 11.2 Å². The lowest BCUT2D eigenvalue weighted by Gasteiger charge is -2.39. The summed E-state index contributed by atoms with van der Waals surface area (Å²) in [5.41, 5.74) is 9.59. The summed E-state index contributed by atoms with van der Waals surface area (Å²) in [5.74, 6) is 0.227. The molecule has 2 heterocycles. The molecular weight excluding hydrogens is 354 g/mol. The Morgan fingerprint density at radius 1 is 1.22 bits per heavy atom. The SMILES string of the molecule is CCc1ccc([C@@H]2C(C#N)=C(N)N(c3ccccc3)C3=C2C(=O)CCC3)s1. The van der Waals surface area contributed by atoms with Crippen LogP contribution in [0.2, 0.25) is 0 Å². The van der Waals surface area contributed by atoms with Crippen LogP contribution >= 0.6 is 11.3 Å². The zero-order chi connectivity index (χ0) is 19.0. The lowest BCUT2D eigenvalue weighted by molar-refractivity contribution is -0.116. The normalized spacial score (nSPS) is 19.9. The van der Waals surface area contributed by atoms with Crippen LogP contribution in [0.25, 0.3) is 0 Å². The van der Waals surface area contributed by atoms with Crippen LogP contribution in [0.3, 0.4) is 0 Å². The average Bonchev–Trinajstić information content (AvgIpc) is 3.17. The summed E-state index contributed by atoms with van der Waals surface area (Å²) in [6.45, 7) is 2.11. The summed E-state index contributed by atoms with van der Waals surface area (Å²) in [4.78, 5) is 17.2. The van der Waals surface area contributed by atoms with Gasteiger partial charge in [0.15, 0.2) is 5.78 Å². The van der Waals surface area contributed by atoms with Crippen molar-refractivity contribution in [3.05, 3.63) is 74.9 Å². The highest BCUT2D eigenvalue weighted by Gasteiger charge is 2.40. The Morgan fingerprint density at radius 3 is 2.67 bits per heavy atom. The van der Waals surface area contributed by atoms with Crippen molar-refractivity contribution in [1.29, 1.82) is 5.26 Å². The van der Waals surface area contributed by atoms with Crippen molar-refractivity contribution in [2.24, 2.45) is 5.73 Å². The standard InChI is InChI=1S/C22H21N3OS/c1-2-15-11-12-19(27-15)20-16(13-23)22(24)25(14-7-4-3-5-8-14)17-9-6-10-18(26)21(17)20/h3-5,7-8,11-12,20H,2,6,9-10,24H2,1H3/t20-/m0/s1. The molecule has 0 saturated heterocycles. The predicted octanol–water partition coefficient (Wildman–Crippen LogP) is 4.62. The summed E-state index contributed by atoms with van der Waals surface area (Å²) in [5, 5.41) is 9.95. The number of Topliss-reactive ketones (excluding diaryl/α,β-unsaturated/α-hetero) is 1. The maximum absolute atomic E-state index is 13.0. The van der Waals surface area contributed by atoms with Crippen molar-refractivity contribution < 1.29 is 4.79 Å². The fraction of sp³-hybridized carbons (Fsp3) is 0.273. The number of nitrogens with two attached hydrogens (primary N) is 1. The van der Waals surface area contributed by atoms with Gasteiger partial charge in [0.25, 0.3) is 0 Å². The van der Waals surface area contributed by atoms with Crippen molar-refractivity contribution >= 4 is 22.8 Å². The highest BCUT2D eigenvalue weighted by Crippen LogP contribution is 2.47. The van der Waals surface area contributed by atoms with Gasteiger partial charge >= 0.3 is 0 Å². The lowest BCUT2D eigenvalue weighted by Crippen LogP contribution is -2.38. The Morgan fingerprint density at radius 2 is 2.00 bits per heavy atom. The van der Waals surface area contributed by atoms with Crippen molar-refractivity contribution in [1.82, 2.24) is 0 Å². The number of allylic oxidation sites excluding steroid dienone is 3. The van der Waals surface area contributed by atoms with Crippen molar-refractivity contribution in [3.63, 3.8) is 0 Å². The molecule has 0 saturated carbocycles. The molecule has 2 aromatic rings. The van der Waals surface area contributed by atoms with E-state index in [0.29, 0.717) is 17.8 Å². The molecule has 0 unspecified atom stereocenters. The van der Waals surface area contributed by atoms with Gasteiger partial charge in [0.2, 0.25) is 0 Å². The third-order valence-electron chi connectivity index (χ3n) is 5.24. The van der Waals surface area contributed by atoms with Crippen LogP contribution in [0, 0.1) is 11.3 Å². The summed E-state index contributed by atoms with van der Waals surface area (Å²) in [6, 6.07) is 16.2. The first-order chi connectivity index (χ1) is 13.2. The fourth-order valence-electron chi connectivity index (χ4n) is 3.98. The minimum absolute atomic E-state index is 0.133. The highest BCUT2D eigenvalue weighted by molar-refractivity contribution is 7.12. The van der Waals surface area contributed by atoms with Crippen molar-refractivity contribution in [3.8, 4) is 6.07 Å². The number of anilines is 1. The second-order valence-corrected chi connectivity index (χ2v) is 8.01. The molecule has 0 amide bonds. The number of hydrogen-bond donors (Lipinski definition) is 1. The number of nitriles is 1. The number of benzene rings is 1. The molecule has 0 spiro atoms. The van der Waals surface area contributed by atoms with E-state index in [2.05, 4.69) is 19.1 Å². The zero-order valence-corrected chi connectivity index (χ0v) is 16.1. The Kier molecular flexibility index (Phi) is 4.59. The minimum atomic E-state index is -0.344. The molecule has 27 heavy (non-hydrogen) atoms. The molecule has 1 atom stereocenters. The Labute approximate surface area is 163 Å². The van der Waals surface area contributed by atoms with Crippen molar-refractivity contribution in [2.45, 2.75) is 38.5 Å². The molecule has 136 valence electrons. The van der Waals surface area contributed by atoms with Crippen LogP contribution in [0.15, 0.2) is 65.1 Å². The maximum atomic E-state index is 13.0. The van der Waals surface area contributed by atoms with Gasteiger partial charge in [-0.2, -0.15) is 5.26 Å². The molecule has 0 radical (unpaired) electrons. The summed E-state index contributed by atoms with van der Waals surface area (Å²) < 4.78 is 0. The van der Waals surface area contributed by atoms with E-state index < -0.39 is 0 Å². The Hall–Kier alpha value is -2.84. The molecule has 1 aliphatic heterocycles. The quantitative estimate of drug-likeness (QED) is 0.850. The first kappa shape index (κ1) is 17.6. The Balaban J connectivity index is 1.95. The van der Waals surface area contributed by atoms with E-state index in [0.717, 1.165) is 41.1 Å². The van der Waals surface area contributed by atoms with Gasteiger partial charge in [-0.3, -0.25) is 9.69 Å². The van der Waals surface area contributed by atoms with Gasteiger partial charge in [-0.05, 0) is 43.5 Å². The fourth-order valence-corrected chi connectivity index (χ4v) is 5.06. The summed E-state index contributed by atoms with van der Waals surface area (Å²) >= 11 is 1.67. The number of hydrogen-bond acceptors (Lipinski definition) is 5. The maximum Gasteiger partial charge on any atom is 0.161 e. The van der Waals surface area contributed by atoms with Crippen molar-refractivity contribution in [2.75, 3.05) is 4.90 Å². The molecule has 1 aromatic carbocycles. The van der Waals surface area contributed by atoms with Gasteiger partial charge < -0.3 is 5.73 Å². The smallest absolute Gasteiger partial charge is 0.161 e. The third kappa shape index (κ3) is 2.87. The number of para-hydroxylation sites is 1. The van der Waals surface area contributed by atoms with Gasteiger partial charge in [-0.15, -0.1) is 11.3 Å². The molecular formula is C22H21N3OS. The van der Waals surface area contributed by atoms with E-state index in [1.54, 1.807) is 11.3 Å². The summed E-state index contributed by atoms with van der Waals surface area (Å²) in [6.07, 6.45) is 3.07. The van der Waals surface area contributed by atoms with Gasteiger partial charge in [-0.25, -0.2) is 0 Å². The van der Waals surface area contributed by atoms with E-state index in [9.17, 15) is 10.1 Å². The molecule has 2 N–H and O–H groups in total. The van der Waals surface area contributed by atoms with E-state index in [-0.39, 0.29) is 11.7 Å². The van der Waals surface area contributed by atoms with Gasteiger partial charge in [-0.1, -0.05) is 25.1 Å². The molecule has 0 fully saturated rings. The van der Waals surface area contributed by atoms with Crippen LogP contribution in [0.5, 0.6) is 0 Å². The number of nitrogens with zero attached hydrogens (tertiary/aromatic N) is 2. The third-order valence-corrected chi connectivity index (χ3v) is 6.54. The molecule has 2 aliphatic rings. The molecule has 1 aliphatic carbocycles. The molecule has 4 nitrogen and oxygen atoms in total. The van der Waals surface area contributed by atoms with E-state index >= 15 is 0 Å². The number of aryl methyl sites for hydroxylation is 1. The van der Waals surface area contributed by atoms with Gasteiger partial charge in [0.05, 0.1) is 17.6 Å². The van der Waals surface area contributed by atoms with E-state index in [1.807, 2.05) is 41.3 Å². The second kappa shape index (κ2) is 7.05. The minimum Gasteiger partial charge on any atom is -0.384 e. The van der Waals surface area contributed by atoms with Gasteiger partial charge in [0.1, 0.15) is 5.82 Å². The highest BCUT2D eigenvalue weighted by atomic mass is 32.1. The average molecular weight is 375 g/mol. The van der Waals surface area contributed by atoms with E-state index in [1.165, 1.54) is 4.88 Å². The first-order valence-corrected chi connectivity index (χ1v) is 10.1. The van der Waals surface area contributed by atoms with Crippen LogP contribution in [0.4, 0.5) is 5.69 Å². The van der Waals surface area contributed by atoms with Crippen LogP contribution < -0.4 is 10.6 Å². The summed E-state index contributed by atoms with van der Waals surface area (Å²) in [7, 11) is 0. The second-order valence-electron chi connectivity index (χ2n) is 6.81. The zero-order valence-electron chi connectivity index (χ0n) is 15.2. The molecule has 1 aromatic heterocycles. The monoisotopic (exact) mass is 375 g/mol. The van der Waals surface area contributed by atoms with E-state index in [4.69, 9.17) is 5.73 Å². The molecule has 4 rings (SSSR count). The number of carbonyl (C=O) groups excluding carboxylic acids is 1. The van der Waals surface area contributed by atoms with Crippen LogP contribution in [-0.4, -0.2) is 5.78 Å². The van der Waals surface area contributed by atoms with Gasteiger partial charge in [0, 0.05) is 33.1 Å². The predicted molar refractivity (Wildman–Crippen MR) is 108 cm³/mol. The lowest BCUT2D eigenvalue weighted by atomic mass is 9.78. The number of ketones is 1. The van der Waals surface area contributed by atoms with Crippen LogP contribution in [0.1, 0.15) is 41.9 Å².